The molecule has 21 heavy (non-hydrogen) atoms. The van der Waals surface area contributed by atoms with Gasteiger partial charge in [-0.2, -0.15) is 0 Å². The summed E-state index contributed by atoms with van der Waals surface area (Å²) in [5.74, 6) is 0.533. The normalized spacial score (nSPS) is 20.2. The molecule has 1 saturated carbocycles. The molecule has 2 unspecified atom stereocenters. The molecule has 118 valence electrons. The fourth-order valence-electron chi connectivity index (χ4n) is 3.71. The van der Waals surface area contributed by atoms with Gasteiger partial charge in [0.15, 0.2) is 0 Å². The van der Waals surface area contributed by atoms with E-state index in [9.17, 15) is 4.39 Å². The van der Waals surface area contributed by atoms with Crippen molar-refractivity contribution in [1.29, 1.82) is 0 Å². The maximum Gasteiger partial charge on any atom is 0.127 e. The topological polar surface area (TPSA) is 29.3 Å². The van der Waals surface area contributed by atoms with E-state index in [1.807, 2.05) is 12.1 Å². The summed E-state index contributed by atoms with van der Waals surface area (Å²) in [5.41, 5.74) is 6.84. The van der Waals surface area contributed by atoms with E-state index < -0.39 is 0 Å². The molecule has 1 aliphatic rings. The van der Waals surface area contributed by atoms with Crippen LogP contribution in [0.1, 0.15) is 57.1 Å². The van der Waals surface area contributed by atoms with Crippen molar-refractivity contribution in [3.8, 4) is 0 Å². The van der Waals surface area contributed by atoms with E-state index in [0.717, 1.165) is 5.56 Å². The van der Waals surface area contributed by atoms with Crippen molar-refractivity contribution in [3.63, 3.8) is 0 Å². The maximum atomic E-state index is 14.0. The number of nitrogens with zero attached hydrogens (tertiary/aromatic N) is 1. The second-order valence-electron chi connectivity index (χ2n) is 6.42. The van der Waals surface area contributed by atoms with Crippen molar-refractivity contribution in [2.24, 2.45) is 11.7 Å². The van der Waals surface area contributed by atoms with E-state index in [1.165, 1.54) is 38.5 Å². The molecular formula is C18H29FN2. The number of hydrogen-bond donors (Lipinski definition) is 1. The lowest BCUT2D eigenvalue weighted by Gasteiger charge is -2.37. The first-order valence-corrected chi connectivity index (χ1v) is 8.31. The Morgan fingerprint density at radius 2 is 1.81 bits per heavy atom. The lowest BCUT2D eigenvalue weighted by Crippen LogP contribution is -2.44. The summed E-state index contributed by atoms with van der Waals surface area (Å²) >= 11 is 0. The molecule has 2 atom stereocenters. The first kappa shape index (κ1) is 16.4. The van der Waals surface area contributed by atoms with Crippen LogP contribution in [0, 0.1) is 11.7 Å². The molecule has 1 aliphatic carbocycles. The zero-order valence-corrected chi connectivity index (χ0v) is 13.4. The zero-order valence-electron chi connectivity index (χ0n) is 13.4. The van der Waals surface area contributed by atoms with Gasteiger partial charge in [-0.05, 0) is 38.8 Å². The number of hydrogen-bond acceptors (Lipinski definition) is 2. The number of halogens is 1. The fourth-order valence-corrected chi connectivity index (χ4v) is 3.71. The van der Waals surface area contributed by atoms with Crippen molar-refractivity contribution in [3.05, 3.63) is 35.6 Å². The minimum Gasteiger partial charge on any atom is -0.329 e. The first-order valence-electron chi connectivity index (χ1n) is 8.31. The molecule has 0 spiro atoms. The molecule has 1 aromatic carbocycles. The lowest BCUT2D eigenvalue weighted by molar-refractivity contribution is 0.125. The predicted molar refractivity (Wildman–Crippen MR) is 86.6 cm³/mol. The van der Waals surface area contributed by atoms with E-state index in [2.05, 4.69) is 18.9 Å². The monoisotopic (exact) mass is 292 g/mol. The van der Waals surface area contributed by atoms with Crippen molar-refractivity contribution in [1.82, 2.24) is 4.90 Å². The Hall–Kier alpha value is -0.930. The van der Waals surface area contributed by atoms with Crippen LogP contribution < -0.4 is 5.73 Å². The molecule has 2 rings (SSSR count). The summed E-state index contributed by atoms with van der Waals surface area (Å²) in [4.78, 5) is 2.29. The zero-order chi connectivity index (χ0) is 15.2. The second-order valence-corrected chi connectivity index (χ2v) is 6.42. The quantitative estimate of drug-likeness (QED) is 0.827. The van der Waals surface area contributed by atoms with Crippen molar-refractivity contribution in [2.45, 2.75) is 57.5 Å². The van der Waals surface area contributed by atoms with Gasteiger partial charge in [0.05, 0.1) is 0 Å². The van der Waals surface area contributed by atoms with Gasteiger partial charge in [0, 0.05) is 24.2 Å². The molecule has 2 N–H and O–H groups in total. The van der Waals surface area contributed by atoms with Gasteiger partial charge in [-0.3, -0.25) is 4.90 Å². The standard InChI is InChI=1S/C18H29FN2/c1-14(16-11-7-8-12-17(16)19)21(2)18(13-20)15-9-5-3-4-6-10-15/h7-8,11-12,14-15,18H,3-6,9-10,13,20H2,1-2H3. The summed E-state index contributed by atoms with van der Waals surface area (Å²) in [5, 5.41) is 0. The molecule has 0 aliphatic heterocycles. The van der Waals surface area contributed by atoms with E-state index >= 15 is 0 Å². The largest absolute Gasteiger partial charge is 0.329 e. The number of benzene rings is 1. The van der Waals surface area contributed by atoms with Gasteiger partial charge < -0.3 is 5.73 Å². The Morgan fingerprint density at radius 3 is 2.38 bits per heavy atom. The Bertz CT molecular complexity index is 427. The van der Waals surface area contributed by atoms with E-state index in [-0.39, 0.29) is 11.9 Å². The number of nitrogens with two attached hydrogens (primary N) is 1. The summed E-state index contributed by atoms with van der Waals surface area (Å²) < 4.78 is 14.0. The number of rotatable bonds is 5. The molecule has 0 aromatic heterocycles. The Labute approximate surface area is 128 Å². The van der Waals surface area contributed by atoms with E-state index in [1.54, 1.807) is 12.1 Å². The minimum atomic E-state index is -0.117. The summed E-state index contributed by atoms with van der Waals surface area (Å²) in [6.07, 6.45) is 7.83. The third kappa shape index (κ3) is 4.04. The third-order valence-corrected chi connectivity index (χ3v) is 5.17. The molecule has 0 saturated heterocycles. The first-order chi connectivity index (χ1) is 10.1. The van der Waals surface area contributed by atoms with Crippen molar-refractivity contribution in [2.75, 3.05) is 13.6 Å². The Morgan fingerprint density at radius 1 is 1.19 bits per heavy atom. The van der Waals surface area contributed by atoms with Crippen LogP contribution in [0.5, 0.6) is 0 Å². The molecule has 0 bridgehead atoms. The molecule has 0 amide bonds. The van der Waals surface area contributed by atoms with Gasteiger partial charge in [-0.15, -0.1) is 0 Å². The van der Waals surface area contributed by atoms with Crippen LogP contribution in [0.25, 0.3) is 0 Å². The Balaban J connectivity index is 2.11. The summed E-state index contributed by atoms with van der Waals surface area (Å²) in [7, 11) is 2.10. The van der Waals surface area contributed by atoms with Crippen LogP contribution in [-0.4, -0.2) is 24.5 Å². The third-order valence-electron chi connectivity index (χ3n) is 5.17. The van der Waals surface area contributed by atoms with E-state index in [4.69, 9.17) is 5.73 Å². The smallest absolute Gasteiger partial charge is 0.127 e. The van der Waals surface area contributed by atoms with Crippen LogP contribution in [0.15, 0.2) is 24.3 Å². The van der Waals surface area contributed by atoms with Gasteiger partial charge >= 0.3 is 0 Å². The van der Waals surface area contributed by atoms with Gasteiger partial charge in [-0.25, -0.2) is 4.39 Å². The average Bonchev–Trinajstić information content (AvgIpc) is 2.77. The van der Waals surface area contributed by atoms with Crippen LogP contribution in [0.3, 0.4) is 0 Å². The maximum absolute atomic E-state index is 14.0. The van der Waals surface area contributed by atoms with Gasteiger partial charge in [-0.1, -0.05) is 43.9 Å². The molecule has 0 radical (unpaired) electrons. The van der Waals surface area contributed by atoms with Crippen molar-refractivity contribution >= 4 is 0 Å². The van der Waals surface area contributed by atoms with Gasteiger partial charge in [0.25, 0.3) is 0 Å². The molecule has 1 aromatic rings. The minimum absolute atomic E-state index is 0.0583. The highest BCUT2D eigenvalue weighted by atomic mass is 19.1. The second kappa shape index (κ2) is 7.90. The summed E-state index contributed by atoms with van der Waals surface area (Å²) in [6.45, 7) is 2.73. The predicted octanol–water partition coefficient (Wildman–Crippen LogP) is 4.12. The lowest BCUT2D eigenvalue weighted by atomic mass is 9.89. The van der Waals surface area contributed by atoms with E-state index in [0.29, 0.717) is 18.5 Å². The van der Waals surface area contributed by atoms with Crippen LogP contribution >= 0.6 is 0 Å². The molecule has 3 heteroatoms. The highest BCUT2D eigenvalue weighted by Crippen LogP contribution is 2.31. The molecule has 1 fully saturated rings. The van der Waals surface area contributed by atoms with Gasteiger partial charge in [0.1, 0.15) is 5.82 Å². The molecular weight excluding hydrogens is 263 g/mol. The van der Waals surface area contributed by atoms with Crippen LogP contribution in [0.4, 0.5) is 4.39 Å². The SMILES string of the molecule is CC(c1ccccc1F)N(C)C(CN)C1CCCCCC1. The fraction of sp³-hybridized carbons (Fsp3) is 0.667. The average molecular weight is 292 g/mol. The Kier molecular flexibility index (Phi) is 6.19. The highest BCUT2D eigenvalue weighted by Gasteiger charge is 2.28. The molecule has 2 nitrogen and oxygen atoms in total. The molecule has 0 heterocycles. The van der Waals surface area contributed by atoms with Gasteiger partial charge in [0.2, 0.25) is 0 Å². The highest BCUT2D eigenvalue weighted by molar-refractivity contribution is 5.20. The summed E-state index contributed by atoms with van der Waals surface area (Å²) in [6, 6.07) is 7.49. The van der Waals surface area contributed by atoms with Crippen LogP contribution in [-0.2, 0) is 0 Å². The van der Waals surface area contributed by atoms with Crippen LogP contribution in [0.2, 0.25) is 0 Å². The number of likely N-dealkylation sites (N-methyl/N-ethyl adjacent to an activating group) is 1. The van der Waals surface area contributed by atoms with Crippen molar-refractivity contribution < 1.29 is 4.39 Å².